The maximum Gasteiger partial charge on any atom is 0.108 e. The topological polar surface area (TPSA) is 54.2 Å². The van der Waals surface area contributed by atoms with Gasteiger partial charge < -0.3 is 4.90 Å². The van der Waals surface area contributed by atoms with Crippen molar-refractivity contribution in [1.82, 2.24) is 15.3 Å². The standard InChI is InChI=1S/C10H18N4S/c1-14-4-2-8(3-5-14)9-7-15-10(13-9)6-12-11/h7-8,12H,2-6,11H2,1H3. The van der Waals surface area contributed by atoms with Gasteiger partial charge >= 0.3 is 0 Å². The molecule has 0 aliphatic carbocycles. The van der Waals surface area contributed by atoms with Gasteiger partial charge in [0.25, 0.3) is 0 Å². The molecule has 0 amide bonds. The van der Waals surface area contributed by atoms with Gasteiger partial charge in [0.2, 0.25) is 0 Å². The molecule has 0 radical (unpaired) electrons. The molecule has 1 aromatic rings. The third-order valence-electron chi connectivity index (χ3n) is 2.96. The number of nitrogens with two attached hydrogens (primary N) is 1. The highest BCUT2D eigenvalue weighted by molar-refractivity contribution is 7.09. The smallest absolute Gasteiger partial charge is 0.108 e. The number of rotatable bonds is 3. The molecule has 1 aliphatic rings. The lowest BCUT2D eigenvalue weighted by Crippen LogP contribution is -2.29. The molecule has 4 nitrogen and oxygen atoms in total. The van der Waals surface area contributed by atoms with Crippen molar-refractivity contribution in [3.63, 3.8) is 0 Å². The van der Waals surface area contributed by atoms with E-state index >= 15 is 0 Å². The van der Waals surface area contributed by atoms with Gasteiger partial charge in [-0.25, -0.2) is 4.98 Å². The Morgan fingerprint density at radius 1 is 1.60 bits per heavy atom. The summed E-state index contributed by atoms with van der Waals surface area (Å²) in [6, 6.07) is 0. The molecule has 2 rings (SSSR count). The summed E-state index contributed by atoms with van der Waals surface area (Å²) in [4.78, 5) is 6.99. The number of aromatic nitrogens is 1. The fourth-order valence-electron chi connectivity index (χ4n) is 1.99. The lowest BCUT2D eigenvalue weighted by Gasteiger charge is -2.27. The predicted octanol–water partition coefficient (Wildman–Crippen LogP) is 0.916. The zero-order valence-corrected chi connectivity index (χ0v) is 9.89. The van der Waals surface area contributed by atoms with Gasteiger partial charge in [0.1, 0.15) is 5.01 Å². The number of nitrogens with one attached hydrogen (secondary N) is 1. The molecule has 15 heavy (non-hydrogen) atoms. The van der Waals surface area contributed by atoms with Crippen molar-refractivity contribution >= 4 is 11.3 Å². The monoisotopic (exact) mass is 226 g/mol. The van der Waals surface area contributed by atoms with Crippen LogP contribution in [0.4, 0.5) is 0 Å². The molecular formula is C10H18N4S. The molecule has 0 unspecified atom stereocenters. The first kappa shape index (κ1) is 11.0. The lowest BCUT2D eigenvalue weighted by molar-refractivity contribution is 0.253. The molecule has 1 aliphatic heterocycles. The van der Waals surface area contributed by atoms with E-state index in [0.717, 1.165) is 5.01 Å². The molecule has 1 aromatic heterocycles. The average molecular weight is 226 g/mol. The predicted molar refractivity (Wildman–Crippen MR) is 62.6 cm³/mol. The van der Waals surface area contributed by atoms with Crippen LogP contribution < -0.4 is 11.3 Å². The summed E-state index contributed by atoms with van der Waals surface area (Å²) in [6.45, 7) is 3.05. The first-order chi connectivity index (χ1) is 7.29. The van der Waals surface area contributed by atoms with E-state index in [1.807, 2.05) is 0 Å². The van der Waals surface area contributed by atoms with Crippen LogP contribution in [0.25, 0.3) is 0 Å². The summed E-state index contributed by atoms with van der Waals surface area (Å²) in [5.41, 5.74) is 3.91. The van der Waals surface area contributed by atoms with Gasteiger partial charge in [-0.1, -0.05) is 0 Å². The van der Waals surface area contributed by atoms with Crippen LogP contribution >= 0.6 is 11.3 Å². The van der Waals surface area contributed by atoms with Gasteiger partial charge in [-0.05, 0) is 33.0 Å². The van der Waals surface area contributed by atoms with E-state index in [1.54, 1.807) is 11.3 Å². The minimum absolute atomic E-state index is 0.656. The second kappa shape index (κ2) is 5.03. The van der Waals surface area contributed by atoms with Crippen molar-refractivity contribution in [2.75, 3.05) is 20.1 Å². The van der Waals surface area contributed by atoms with E-state index in [0.29, 0.717) is 12.5 Å². The van der Waals surface area contributed by atoms with Gasteiger partial charge in [-0.2, -0.15) is 0 Å². The van der Waals surface area contributed by atoms with Crippen LogP contribution in [-0.2, 0) is 6.54 Å². The Labute approximate surface area is 94.5 Å². The quantitative estimate of drug-likeness (QED) is 0.594. The van der Waals surface area contributed by atoms with Crippen molar-refractivity contribution in [2.24, 2.45) is 5.84 Å². The van der Waals surface area contributed by atoms with Crippen LogP contribution in [0.15, 0.2) is 5.38 Å². The Bertz CT molecular complexity index is 304. The summed E-state index contributed by atoms with van der Waals surface area (Å²) in [5, 5.41) is 3.27. The summed E-state index contributed by atoms with van der Waals surface area (Å²) < 4.78 is 0. The largest absolute Gasteiger partial charge is 0.306 e. The number of hydrazine groups is 1. The zero-order valence-electron chi connectivity index (χ0n) is 9.07. The molecule has 5 heteroatoms. The minimum Gasteiger partial charge on any atom is -0.306 e. The molecular weight excluding hydrogens is 208 g/mol. The van der Waals surface area contributed by atoms with E-state index in [1.165, 1.54) is 31.6 Å². The van der Waals surface area contributed by atoms with E-state index < -0.39 is 0 Å². The molecule has 0 bridgehead atoms. The highest BCUT2D eigenvalue weighted by Crippen LogP contribution is 2.28. The van der Waals surface area contributed by atoms with Crippen molar-refractivity contribution < 1.29 is 0 Å². The molecule has 1 fully saturated rings. The number of thiazole rings is 1. The summed E-state index contributed by atoms with van der Waals surface area (Å²) in [7, 11) is 2.18. The first-order valence-corrected chi connectivity index (χ1v) is 6.24. The van der Waals surface area contributed by atoms with E-state index in [9.17, 15) is 0 Å². The SMILES string of the molecule is CN1CCC(c2csc(CNN)n2)CC1. The Hall–Kier alpha value is -0.490. The number of nitrogens with zero attached hydrogens (tertiary/aromatic N) is 2. The molecule has 0 aromatic carbocycles. The average Bonchev–Trinajstić information content (AvgIpc) is 2.68. The van der Waals surface area contributed by atoms with Crippen molar-refractivity contribution in [3.05, 3.63) is 16.1 Å². The second-order valence-electron chi connectivity index (χ2n) is 4.12. The normalized spacial score (nSPS) is 19.6. The van der Waals surface area contributed by atoms with Crippen molar-refractivity contribution in [2.45, 2.75) is 25.3 Å². The Morgan fingerprint density at radius 3 is 3.00 bits per heavy atom. The minimum atomic E-state index is 0.656. The Balaban J connectivity index is 1.96. The summed E-state index contributed by atoms with van der Waals surface area (Å²) in [5.74, 6) is 5.93. The number of hydrogen-bond donors (Lipinski definition) is 2. The Kier molecular flexibility index (Phi) is 3.69. The maximum atomic E-state index is 5.28. The molecule has 3 N–H and O–H groups in total. The number of piperidine rings is 1. The van der Waals surface area contributed by atoms with Gasteiger partial charge in [0.05, 0.1) is 12.2 Å². The molecule has 1 saturated heterocycles. The molecule has 0 spiro atoms. The molecule has 2 heterocycles. The summed E-state index contributed by atoms with van der Waals surface area (Å²) in [6.07, 6.45) is 2.46. The number of hydrogen-bond acceptors (Lipinski definition) is 5. The van der Waals surface area contributed by atoms with Crippen LogP contribution in [0.1, 0.15) is 29.5 Å². The van der Waals surface area contributed by atoms with Crippen molar-refractivity contribution in [3.8, 4) is 0 Å². The van der Waals surface area contributed by atoms with Crippen LogP contribution in [-0.4, -0.2) is 30.0 Å². The van der Waals surface area contributed by atoms with E-state index in [4.69, 9.17) is 5.84 Å². The third kappa shape index (κ3) is 2.75. The fourth-order valence-corrected chi connectivity index (χ4v) is 2.81. The highest BCUT2D eigenvalue weighted by Gasteiger charge is 2.20. The third-order valence-corrected chi connectivity index (χ3v) is 3.83. The van der Waals surface area contributed by atoms with Crippen LogP contribution in [0.3, 0.4) is 0 Å². The van der Waals surface area contributed by atoms with Crippen molar-refractivity contribution in [1.29, 1.82) is 0 Å². The van der Waals surface area contributed by atoms with Crippen LogP contribution in [0.2, 0.25) is 0 Å². The highest BCUT2D eigenvalue weighted by atomic mass is 32.1. The first-order valence-electron chi connectivity index (χ1n) is 5.36. The fraction of sp³-hybridized carbons (Fsp3) is 0.700. The van der Waals surface area contributed by atoms with Gasteiger partial charge in [-0.3, -0.25) is 11.3 Å². The summed E-state index contributed by atoms with van der Waals surface area (Å²) >= 11 is 1.70. The Morgan fingerprint density at radius 2 is 2.33 bits per heavy atom. The second-order valence-corrected chi connectivity index (χ2v) is 5.07. The van der Waals surface area contributed by atoms with Gasteiger partial charge in [-0.15, -0.1) is 11.3 Å². The van der Waals surface area contributed by atoms with Gasteiger partial charge in [0, 0.05) is 11.3 Å². The molecule has 0 saturated carbocycles. The van der Waals surface area contributed by atoms with Gasteiger partial charge in [0.15, 0.2) is 0 Å². The number of likely N-dealkylation sites (tertiary alicyclic amines) is 1. The zero-order chi connectivity index (χ0) is 10.7. The molecule has 0 atom stereocenters. The maximum absolute atomic E-state index is 5.28. The van der Waals surface area contributed by atoms with Crippen LogP contribution in [0, 0.1) is 0 Å². The van der Waals surface area contributed by atoms with E-state index in [-0.39, 0.29) is 0 Å². The molecule has 84 valence electrons. The van der Waals surface area contributed by atoms with Crippen LogP contribution in [0.5, 0.6) is 0 Å². The lowest BCUT2D eigenvalue weighted by atomic mass is 9.95. The van der Waals surface area contributed by atoms with E-state index in [2.05, 4.69) is 27.7 Å².